The maximum absolute atomic E-state index is 11.5. The predicted octanol–water partition coefficient (Wildman–Crippen LogP) is 0.927. The van der Waals surface area contributed by atoms with Crippen LogP contribution in [0.4, 0.5) is 0 Å². The van der Waals surface area contributed by atoms with E-state index in [0.717, 1.165) is 32.1 Å². The van der Waals surface area contributed by atoms with Gasteiger partial charge in [-0.1, -0.05) is 19.8 Å². The van der Waals surface area contributed by atoms with E-state index in [1.807, 2.05) is 6.92 Å². The molecule has 0 radical (unpaired) electrons. The Labute approximate surface area is 110 Å². The molecule has 5 heteroatoms. The fraction of sp³-hybridized carbons (Fsp3) is 0.846. The number of nitrogens with two attached hydrogens (primary N) is 1. The van der Waals surface area contributed by atoms with Gasteiger partial charge in [0.2, 0.25) is 11.8 Å². The minimum Gasteiger partial charge on any atom is -0.354 e. The van der Waals surface area contributed by atoms with Crippen LogP contribution in [0.25, 0.3) is 0 Å². The van der Waals surface area contributed by atoms with Crippen LogP contribution in [0.15, 0.2) is 0 Å². The molecule has 0 bridgehead atoms. The summed E-state index contributed by atoms with van der Waals surface area (Å²) in [4.78, 5) is 23.1. The van der Waals surface area contributed by atoms with E-state index >= 15 is 0 Å². The lowest BCUT2D eigenvalue weighted by Crippen LogP contribution is -2.44. The van der Waals surface area contributed by atoms with Crippen molar-refractivity contribution in [1.29, 1.82) is 0 Å². The van der Waals surface area contributed by atoms with Crippen LogP contribution in [0.2, 0.25) is 0 Å². The molecular weight excluding hydrogens is 230 g/mol. The van der Waals surface area contributed by atoms with Gasteiger partial charge in [-0.2, -0.15) is 0 Å². The number of hydrogen-bond acceptors (Lipinski definition) is 3. The molecule has 0 aromatic heterocycles. The number of nitrogens with one attached hydrogen (secondary N) is 2. The molecule has 0 aliphatic rings. The van der Waals surface area contributed by atoms with E-state index in [2.05, 4.69) is 10.6 Å². The van der Waals surface area contributed by atoms with Gasteiger partial charge in [-0.15, -0.1) is 0 Å². The maximum atomic E-state index is 11.5. The fourth-order valence-corrected chi connectivity index (χ4v) is 1.56. The molecule has 2 amide bonds. The van der Waals surface area contributed by atoms with Crippen molar-refractivity contribution in [3.63, 3.8) is 0 Å². The maximum Gasteiger partial charge on any atom is 0.242 e. The molecule has 1 atom stereocenters. The highest BCUT2D eigenvalue weighted by atomic mass is 16.2. The first kappa shape index (κ1) is 16.9. The van der Waals surface area contributed by atoms with Gasteiger partial charge < -0.3 is 16.4 Å². The molecule has 0 aliphatic carbocycles. The molecule has 0 aromatic carbocycles. The third kappa shape index (κ3) is 8.98. The second-order valence-electron chi connectivity index (χ2n) is 4.53. The zero-order chi connectivity index (χ0) is 13.8. The summed E-state index contributed by atoms with van der Waals surface area (Å²) in [6.07, 6.45) is 5.33. The Morgan fingerprint density at radius 2 is 1.83 bits per heavy atom. The fourth-order valence-electron chi connectivity index (χ4n) is 1.56. The molecule has 0 aromatic rings. The standard InChI is InChI=1S/C13H27N3O2/c1-3-10-15-13(18)11(2)16-12(17)8-6-4-5-7-9-14/h11H,3-10,14H2,1-2H3,(H,15,18)(H,16,17). The van der Waals surface area contributed by atoms with E-state index in [9.17, 15) is 9.59 Å². The van der Waals surface area contributed by atoms with Gasteiger partial charge in [0.05, 0.1) is 0 Å². The first-order valence-corrected chi connectivity index (χ1v) is 6.89. The first-order chi connectivity index (χ1) is 8.61. The summed E-state index contributed by atoms with van der Waals surface area (Å²) in [6.45, 7) is 5.06. The quantitative estimate of drug-likeness (QED) is 0.509. The summed E-state index contributed by atoms with van der Waals surface area (Å²) in [5.74, 6) is -0.171. The Kier molecular flexibility index (Phi) is 10.3. The van der Waals surface area contributed by atoms with Gasteiger partial charge in [-0.05, 0) is 32.7 Å². The lowest BCUT2D eigenvalue weighted by molar-refractivity contribution is -0.128. The van der Waals surface area contributed by atoms with E-state index in [1.54, 1.807) is 6.92 Å². The second-order valence-corrected chi connectivity index (χ2v) is 4.53. The number of amides is 2. The second kappa shape index (κ2) is 11.0. The summed E-state index contributed by atoms with van der Waals surface area (Å²) in [5.41, 5.74) is 5.39. The lowest BCUT2D eigenvalue weighted by Gasteiger charge is -2.13. The number of carbonyl (C=O) groups excluding carboxylic acids is 2. The molecule has 0 spiro atoms. The summed E-state index contributed by atoms with van der Waals surface area (Å²) < 4.78 is 0. The van der Waals surface area contributed by atoms with Crippen LogP contribution in [0.5, 0.6) is 0 Å². The van der Waals surface area contributed by atoms with Crippen molar-refractivity contribution < 1.29 is 9.59 Å². The predicted molar refractivity (Wildman–Crippen MR) is 73.0 cm³/mol. The Morgan fingerprint density at radius 1 is 1.17 bits per heavy atom. The van der Waals surface area contributed by atoms with Crippen molar-refractivity contribution >= 4 is 11.8 Å². The Morgan fingerprint density at radius 3 is 2.44 bits per heavy atom. The number of hydrogen-bond donors (Lipinski definition) is 3. The first-order valence-electron chi connectivity index (χ1n) is 6.89. The topological polar surface area (TPSA) is 84.2 Å². The van der Waals surface area contributed by atoms with Crippen molar-refractivity contribution in [2.45, 2.75) is 58.4 Å². The molecule has 0 saturated heterocycles. The van der Waals surface area contributed by atoms with Crippen molar-refractivity contribution in [3.05, 3.63) is 0 Å². The normalized spacial score (nSPS) is 11.9. The van der Waals surface area contributed by atoms with Crippen LogP contribution in [-0.2, 0) is 9.59 Å². The highest BCUT2D eigenvalue weighted by Gasteiger charge is 2.14. The van der Waals surface area contributed by atoms with Crippen LogP contribution in [0.3, 0.4) is 0 Å². The molecule has 0 rings (SSSR count). The molecule has 0 heterocycles. The lowest BCUT2D eigenvalue weighted by atomic mass is 10.1. The number of unbranched alkanes of at least 4 members (excludes halogenated alkanes) is 3. The van der Waals surface area contributed by atoms with Crippen molar-refractivity contribution in [3.8, 4) is 0 Å². The van der Waals surface area contributed by atoms with Gasteiger partial charge in [0.25, 0.3) is 0 Å². The summed E-state index contributed by atoms with van der Waals surface area (Å²) in [6, 6.07) is -0.451. The van der Waals surface area contributed by atoms with Gasteiger partial charge in [0.1, 0.15) is 6.04 Å². The highest BCUT2D eigenvalue weighted by molar-refractivity contribution is 5.87. The number of rotatable bonds is 10. The molecule has 106 valence electrons. The Balaban J connectivity index is 3.63. The zero-order valence-electron chi connectivity index (χ0n) is 11.6. The minimum atomic E-state index is -0.451. The van der Waals surface area contributed by atoms with E-state index in [4.69, 9.17) is 5.73 Å². The molecule has 0 aliphatic heterocycles. The molecule has 4 N–H and O–H groups in total. The van der Waals surface area contributed by atoms with Crippen molar-refractivity contribution in [2.75, 3.05) is 13.1 Å². The third-order valence-corrected chi connectivity index (χ3v) is 2.68. The van der Waals surface area contributed by atoms with Gasteiger partial charge >= 0.3 is 0 Å². The van der Waals surface area contributed by atoms with E-state index in [0.29, 0.717) is 19.5 Å². The smallest absolute Gasteiger partial charge is 0.242 e. The van der Waals surface area contributed by atoms with Crippen molar-refractivity contribution in [1.82, 2.24) is 10.6 Å². The average molecular weight is 257 g/mol. The Hall–Kier alpha value is -1.10. The van der Waals surface area contributed by atoms with Crippen molar-refractivity contribution in [2.24, 2.45) is 5.73 Å². The molecule has 5 nitrogen and oxygen atoms in total. The van der Waals surface area contributed by atoms with Gasteiger partial charge in [-0.25, -0.2) is 0 Å². The Bertz CT molecular complexity index is 244. The van der Waals surface area contributed by atoms with Crippen LogP contribution in [0.1, 0.15) is 52.4 Å². The molecule has 0 fully saturated rings. The highest BCUT2D eigenvalue weighted by Crippen LogP contribution is 2.02. The molecule has 0 saturated carbocycles. The SMILES string of the molecule is CCCNC(=O)C(C)NC(=O)CCCCCCN. The summed E-state index contributed by atoms with van der Waals surface area (Å²) >= 11 is 0. The average Bonchev–Trinajstić information content (AvgIpc) is 2.35. The monoisotopic (exact) mass is 257 g/mol. The summed E-state index contributed by atoms with van der Waals surface area (Å²) in [7, 11) is 0. The van der Waals surface area contributed by atoms with E-state index in [1.165, 1.54) is 0 Å². The third-order valence-electron chi connectivity index (χ3n) is 2.68. The molecule has 18 heavy (non-hydrogen) atoms. The number of carbonyl (C=O) groups is 2. The minimum absolute atomic E-state index is 0.0538. The van der Waals surface area contributed by atoms with Crippen LogP contribution in [0, 0.1) is 0 Å². The van der Waals surface area contributed by atoms with Gasteiger partial charge in [0, 0.05) is 13.0 Å². The zero-order valence-corrected chi connectivity index (χ0v) is 11.6. The van der Waals surface area contributed by atoms with E-state index < -0.39 is 6.04 Å². The summed E-state index contributed by atoms with van der Waals surface area (Å²) in [5, 5.41) is 5.46. The van der Waals surface area contributed by atoms with Crippen LogP contribution in [-0.4, -0.2) is 30.9 Å². The van der Waals surface area contributed by atoms with Gasteiger partial charge in [-0.3, -0.25) is 9.59 Å². The van der Waals surface area contributed by atoms with E-state index in [-0.39, 0.29) is 11.8 Å². The van der Waals surface area contributed by atoms with Crippen LogP contribution < -0.4 is 16.4 Å². The molecular formula is C13H27N3O2. The molecule has 1 unspecified atom stereocenters. The van der Waals surface area contributed by atoms with Gasteiger partial charge in [0.15, 0.2) is 0 Å². The largest absolute Gasteiger partial charge is 0.354 e. The van der Waals surface area contributed by atoms with Crippen LogP contribution >= 0.6 is 0 Å².